The van der Waals surface area contributed by atoms with Gasteiger partial charge in [0.1, 0.15) is 17.1 Å². The fourth-order valence-electron chi connectivity index (χ4n) is 3.65. The number of rotatable bonds is 4. The third kappa shape index (κ3) is 2.92. The van der Waals surface area contributed by atoms with Crippen LogP contribution < -0.4 is 16.8 Å². The Morgan fingerprint density at radius 1 is 1.03 bits per heavy atom. The van der Waals surface area contributed by atoms with Crippen molar-refractivity contribution in [3.05, 3.63) is 66.2 Å². The molecule has 0 unspecified atom stereocenters. The Balaban J connectivity index is 1.64. The quantitative estimate of drug-likeness (QED) is 0.501. The molecule has 29 heavy (non-hydrogen) atoms. The topological polar surface area (TPSA) is 112 Å². The van der Waals surface area contributed by atoms with E-state index in [0.717, 1.165) is 40.8 Å². The highest BCUT2D eigenvalue weighted by molar-refractivity contribution is 6.04. The number of fused-ring (bicyclic) bond motifs is 1. The van der Waals surface area contributed by atoms with E-state index in [0.29, 0.717) is 11.5 Å². The van der Waals surface area contributed by atoms with E-state index in [9.17, 15) is 4.79 Å². The van der Waals surface area contributed by atoms with Crippen LogP contribution in [0.2, 0.25) is 0 Å². The van der Waals surface area contributed by atoms with Crippen molar-refractivity contribution in [3.63, 3.8) is 0 Å². The summed E-state index contributed by atoms with van der Waals surface area (Å²) in [6.45, 7) is 1.53. The molecule has 1 amide bonds. The molecule has 1 aliphatic heterocycles. The molecule has 1 saturated heterocycles. The molecule has 7 heteroatoms. The van der Waals surface area contributed by atoms with Crippen LogP contribution in [0.25, 0.3) is 33.4 Å². The number of nitrogens with zero attached hydrogens (tertiary/aromatic N) is 3. The Morgan fingerprint density at radius 3 is 2.48 bits per heavy atom. The predicted octanol–water partition coefficient (Wildman–Crippen LogP) is 2.59. The van der Waals surface area contributed by atoms with Crippen molar-refractivity contribution in [2.24, 2.45) is 5.73 Å². The smallest absolute Gasteiger partial charge is 0.254 e. The van der Waals surface area contributed by atoms with E-state index in [2.05, 4.69) is 10.4 Å². The Kier molecular flexibility index (Phi) is 4.03. The summed E-state index contributed by atoms with van der Waals surface area (Å²) in [4.78, 5) is 16.9. The highest BCUT2D eigenvalue weighted by Crippen LogP contribution is 2.32. The van der Waals surface area contributed by atoms with Crippen LogP contribution in [0.1, 0.15) is 16.4 Å². The van der Waals surface area contributed by atoms with Gasteiger partial charge in [-0.3, -0.25) is 4.79 Å². The monoisotopic (exact) mass is 384 g/mol. The van der Waals surface area contributed by atoms with E-state index in [-0.39, 0.29) is 11.6 Å². The number of hydrogen-bond acceptors (Lipinski definition) is 5. The first-order valence-electron chi connectivity index (χ1n) is 9.47. The van der Waals surface area contributed by atoms with E-state index < -0.39 is 5.91 Å². The second kappa shape index (κ2) is 6.72. The summed E-state index contributed by atoms with van der Waals surface area (Å²) in [6.07, 6.45) is 0. The molecule has 0 bridgehead atoms. The SMILES string of the molecule is NC(=O)c1c(-c2ccc3ccc(-c4ccccc4)nc3c2)nn(C2CNC2)c1N. The number of nitrogens with one attached hydrogen (secondary N) is 1. The predicted molar refractivity (Wildman–Crippen MR) is 113 cm³/mol. The Hall–Kier alpha value is -3.71. The van der Waals surface area contributed by atoms with Gasteiger partial charge in [-0.15, -0.1) is 0 Å². The third-order valence-corrected chi connectivity index (χ3v) is 5.33. The summed E-state index contributed by atoms with van der Waals surface area (Å²) < 4.78 is 1.70. The lowest BCUT2D eigenvalue weighted by molar-refractivity contribution is 0.100. The lowest BCUT2D eigenvalue weighted by Gasteiger charge is -2.28. The molecule has 7 nitrogen and oxygen atoms in total. The lowest BCUT2D eigenvalue weighted by atomic mass is 10.0. The minimum Gasteiger partial charge on any atom is -0.383 e. The molecule has 1 aliphatic rings. The van der Waals surface area contributed by atoms with Crippen molar-refractivity contribution in [2.75, 3.05) is 18.8 Å². The van der Waals surface area contributed by atoms with Crippen LogP contribution in [0, 0.1) is 0 Å². The van der Waals surface area contributed by atoms with Gasteiger partial charge in [0.2, 0.25) is 0 Å². The molecule has 5 rings (SSSR count). The molecule has 0 saturated carbocycles. The van der Waals surface area contributed by atoms with Crippen LogP contribution in [0.3, 0.4) is 0 Å². The number of primary amides is 1. The summed E-state index contributed by atoms with van der Waals surface area (Å²) in [5.74, 6) is -0.271. The van der Waals surface area contributed by atoms with Gasteiger partial charge in [0.05, 0.1) is 17.3 Å². The Morgan fingerprint density at radius 2 is 1.79 bits per heavy atom. The number of hydrogen-bond donors (Lipinski definition) is 3. The number of anilines is 1. The molecule has 4 aromatic rings. The van der Waals surface area contributed by atoms with Gasteiger partial charge in [-0.1, -0.05) is 48.5 Å². The van der Waals surface area contributed by atoms with Crippen LogP contribution in [0.15, 0.2) is 60.7 Å². The summed E-state index contributed by atoms with van der Waals surface area (Å²) in [5.41, 5.74) is 16.1. The fraction of sp³-hybridized carbons (Fsp3) is 0.136. The summed E-state index contributed by atoms with van der Waals surface area (Å²) in [7, 11) is 0. The fourth-order valence-corrected chi connectivity index (χ4v) is 3.65. The van der Waals surface area contributed by atoms with Crippen molar-refractivity contribution in [1.82, 2.24) is 20.1 Å². The molecule has 0 aliphatic carbocycles. The number of pyridine rings is 1. The zero-order valence-corrected chi connectivity index (χ0v) is 15.7. The van der Waals surface area contributed by atoms with Gasteiger partial charge in [-0.25, -0.2) is 9.67 Å². The van der Waals surface area contributed by atoms with E-state index >= 15 is 0 Å². The highest BCUT2D eigenvalue weighted by Gasteiger charge is 2.28. The standard InChI is InChI=1S/C22H20N6O/c23-21-19(22(24)29)20(27-28(21)16-11-25-12-16)15-7-6-14-8-9-17(26-18(14)10-15)13-4-2-1-3-5-13/h1-10,16,25H,11-12,23H2,(H2,24,29). The van der Waals surface area contributed by atoms with Crippen molar-refractivity contribution in [1.29, 1.82) is 0 Å². The van der Waals surface area contributed by atoms with Crippen LogP contribution in [-0.2, 0) is 0 Å². The van der Waals surface area contributed by atoms with Crippen molar-refractivity contribution >= 4 is 22.6 Å². The van der Waals surface area contributed by atoms with E-state index in [1.54, 1.807) is 4.68 Å². The van der Waals surface area contributed by atoms with Gasteiger partial charge in [-0.2, -0.15) is 5.10 Å². The minimum absolute atomic E-state index is 0.130. The number of carbonyl (C=O) groups is 1. The van der Waals surface area contributed by atoms with Gasteiger partial charge in [0.25, 0.3) is 5.91 Å². The maximum Gasteiger partial charge on any atom is 0.254 e. The van der Waals surface area contributed by atoms with E-state index in [1.807, 2.05) is 60.7 Å². The average Bonchev–Trinajstić information content (AvgIpc) is 3.03. The lowest BCUT2D eigenvalue weighted by Crippen LogP contribution is -2.44. The molecule has 0 spiro atoms. The molecule has 1 fully saturated rings. The van der Waals surface area contributed by atoms with Crippen LogP contribution >= 0.6 is 0 Å². The third-order valence-electron chi connectivity index (χ3n) is 5.33. The van der Waals surface area contributed by atoms with E-state index in [4.69, 9.17) is 16.5 Å². The first-order chi connectivity index (χ1) is 14.1. The van der Waals surface area contributed by atoms with Crippen molar-refractivity contribution in [3.8, 4) is 22.5 Å². The molecule has 2 aromatic carbocycles. The summed E-state index contributed by atoms with van der Waals surface area (Å²) >= 11 is 0. The molecular weight excluding hydrogens is 364 g/mol. The molecule has 2 aromatic heterocycles. The van der Waals surface area contributed by atoms with Crippen LogP contribution in [-0.4, -0.2) is 33.8 Å². The maximum atomic E-state index is 12.1. The molecule has 3 heterocycles. The average molecular weight is 384 g/mol. The first-order valence-corrected chi connectivity index (χ1v) is 9.47. The minimum atomic E-state index is -0.581. The van der Waals surface area contributed by atoms with E-state index in [1.165, 1.54) is 0 Å². The Bertz CT molecular complexity index is 1230. The molecular formula is C22H20N6O. The first kappa shape index (κ1) is 17.4. The number of nitrogen functional groups attached to an aromatic ring is 1. The van der Waals surface area contributed by atoms with Gasteiger partial charge in [0, 0.05) is 29.6 Å². The molecule has 144 valence electrons. The second-order valence-electron chi connectivity index (χ2n) is 7.20. The number of aromatic nitrogens is 3. The molecule has 0 atom stereocenters. The highest BCUT2D eigenvalue weighted by atomic mass is 16.1. The second-order valence-corrected chi connectivity index (χ2v) is 7.20. The zero-order valence-electron chi connectivity index (χ0n) is 15.7. The van der Waals surface area contributed by atoms with Gasteiger partial charge < -0.3 is 16.8 Å². The van der Waals surface area contributed by atoms with Crippen molar-refractivity contribution in [2.45, 2.75) is 6.04 Å². The summed E-state index contributed by atoms with van der Waals surface area (Å²) in [6, 6.07) is 20.0. The largest absolute Gasteiger partial charge is 0.383 e. The number of nitrogens with two attached hydrogens (primary N) is 2. The molecule has 5 N–H and O–H groups in total. The zero-order chi connectivity index (χ0) is 20.0. The molecule has 0 radical (unpaired) electrons. The number of amides is 1. The summed E-state index contributed by atoms with van der Waals surface area (Å²) in [5, 5.41) is 8.83. The van der Waals surface area contributed by atoms with Gasteiger partial charge in [0.15, 0.2) is 0 Å². The normalized spacial score (nSPS) is 14.1. The Labute approximate surface area is 167 Å². The number of benzene rings is 2. The van der Waals surface area contributed by atoms with Crippen molar-refractivity contribution < 1.29 is 4.79 Å². The van der Waals surface area contributed by atoms with Gasteiger partial charge >= 0.3 is 0 Å². The van der Waals surface area contributed by atoms with Gasteiger partial charge in [-0.05, 0) is 12.1 Å². The van der Waals surface area contributed by atoms with Crippen LogP contribution in [0.4, 0.5) is 5.82 Å². The maximum absolute atomic E-state index is 12.1. The number of carbonyl (C=O) groups excluding carboxylic acids is 1. The van der Waals surface area contributed by atoms with Crippen LogP contribution in [0.5, 0.6) is 0 Å².